The molecule has 5 heterocycles. The van der Waals surface area contributed by atoms with E-state index in [-0.39, 0.29) is 13.4 Å². The van der Waals surface area contributed by atoms with Crippen molar-refractivity contribution in [1.29, 1.82) is 0 Å². The van der Waals surface area contributed by atoms with Crippen molar-refractivity contribution in [1.82, 2.24) is 9.97 Å². The molecule has 236 valence electrons. The van der Waals surface area contributed by atoms with Crippen LogP contribution in [0.15, 0.2) is 170 Å². The number of aromatic nitrogens is 2. The first-order valence-corrected chi connectivity index (χ1v) is 17.4. The smallest absolute Gasteiger partial charge is 0.245 e. The molecule has 0 fully saturated rings. The molecular formula is C44H28B2N4O. The van der Waals surface area contributed by atoms with Crippen LogP contribution >= 0.6 is 0 Å². The van der Waals surface area contributed by atoms with Crippen LogP contribution in [0.1, 0.15) is 0 Å². The van der Waals surface area contributed by atoms with Crippen LogP contribution in [0.2, 0.25) is 0 Å². The molecule has 0 saturated carbocycles. The Kier molecular flexibility index (Phi) is 6.07. The molecule has 11 rings (SSSR count). The Morgan fingerprint density at radius 1 is 0.510 bits per heavy atom. The number of hydrogen-bond acceptors (Lipinski definition) is 5. The Morgan fingerprint density at radius 3 is 2.06 bits per heavy atom. The minimum absolute atomic E-state index is 0.00312. The van der Waals surface area contributed by atoms with Gasteiger partial charge < -0.3 is 14.5 Å². The molecule has 0 saturated heterocycles. The summed E-state index contributed by atoms with van der Waals surface area (Å²) in [5, 5.41) is 1.09. The van der Waals surface area contributed by atoms with Crippen molar-refractivity contribution in [3.05, 3.63) is 170 Å². The average Bonchev–Trinajstić information content (AvgIpc) is 3.20. The first-order chi connectivity index (χ1) is 25.3. The summed E-state index contributed by atoms with van der Waals surface area (Å²) in [7, 11) is 0. The van der Waals surface area contributed by atoms with Gasteiger partial charge in [0.2, 0.25) is 13.4 Å². The summed E-state index contributed by atoms with van der Waals surface area (Å²) < 4.78 is 7.18. The molecule has 0 amide bonds. The number of para-hydroxylation sites is 4. The van der Waals surface area contributed by atoms with Gasteiger partial charge in [0, 0.05) is 23.5 Å². The second kappa shape index (κ2) is 11.0. The highest BCUT2D eigenvalue weighted by atomic mass is 16.5. The number of pyridine rings is 2. The van der Waals surface area contributed by atoms with Crippen molar-refractivity contribution in [3.8, 4) is 11.5 Å². The van der Waals surface area contributed by atoms with Crippen molar-refractivity contribution in [2.75, 3.05) is 9.80 Å². The Labute approximate surface area is 296 Å². The molecule has 7 heteroatoms. The molecule has 0 unspecified atom stereocenters. The third-order valence-corrected chi connectivity index (χ3v) is 10.7. The van der Waals surface area contributed by atoms with E-state index in [4.69, 9.17) is 9.72 Å². The molecule has 51 heavy (non-hydrogen) atoms. The molecule has 2 aromatic heterocycles. The van der Waals surface area contributed by atoms with Crippen molar-refractivity contribution in [2.24, 2.45) is 0 Å². The predicted molar refractivity (Wildman–Crippen MR) is 211 cm³/mol. The number of hydrogen-bond donors (Lipinski definition) is 0. The van der Waals surface area contributed by atoms with Crippen molar-refractivity contribution >= 4 is 91.2 Å². The van der Waals surface area contributed by atoms with Gasteiger partial charge in [0.1, 0.15) is 0 Å². The molecule has 6 aromatic carbocycles. The van der Waals surface area contributed by atoms with Gasteiger partial charge >= 0.3 is 0 Å². The summed E-state index contributed by atoms with van der Waals surface area (Å²) in [6, 6.07) is 54.2. The molecule has 0 radical (unpaired) electrons. The van der Waals surface area contributed by atoms with E-state index in [2.05, 4.69) is 148 Å². The fourth-order valence-corrected chi connectivity index (χ4v) is 8.70. The monoisotopic (exact) mass is 650 g/mol. The van der Waals surface area contributed by atoms with Gasteiger partial charge in [-0.3, -0.25) is 9.97 Å². The van der Waals surface area contributed by atoms with Crippen LogP contribution in [-0.2, 0) is 0 Å². The second-order valence-electron chi connectivity index (χ2n) is 13.3. The highest BCUT2D eigenvalue weighted by Gasteiger charge is 2.48. The molecule has 3 aliphatic heterocycles. The van der Waals surface area contributed by atoms with Gasteiger partial charge in [-0.2, -0.15) is 0 Å². The molecule has 0 N–H and O–H groups in total. The normalized spacial score (nSPS) is 13.5. The first kappa shape index (κ1) is 28.3. The fraction of sp³-hybridized carbons (Fsp3) is 0. The van der Waals surface area contributed by atoms with Gasteiger partial charge in [-0.1, -0.05) is 125 Å². The van der Waals surface area contributed by atoms with Crippen LogP contribution < -0.4 is 47.3 Å². The highest BCUT2D eigenvalue weighted by Crippen LogP contribution is 2.56. The number of anilines is 6. The summed E-state index contributed by atoms with van der Waals surface area (Å²) in [4.78, 5) is 14.3. The topological polar surface area (TPSA) is 41.5 Å². The average molecular weight is 650 g/mol. The van der Waals surface area contributed by atoms with Crippen LogP contribution in [0.4, 0.5) is 34.1 Å². The lowest BCUT2D eigenvalue weighted by atomic mass is 9.20. The van der Waals surface area contributed by atoms with E-state index in [1.54, 1.807) is 0 Å². The number of rotatable bonds is 3. The van der Waals surface area contributed by atoms with Gasteiger partial charge in [0.15, 0.2) is 11.5 Å². The van der Waals surface area contributed by atoms with Gasteiger partial charge in [0.25, 0.3) is 0 Å². The largest absolute Gasteiger partial charge is 0.451 e. The van der Waals surface area contributed by atoms with Crippen LogP contribution in [-0.4, -0.2) is 23.4 Å². The zero-order valence-corrected chi connectivity index (χ0v) is 27.5. The summed E-state index contributed by atoms with van der Waals surface area (Å²) in [6.07, 6.45) is 5.67. The lowest BCUT2D eigenvalue weighted by Crippen LogP contribution is -2.76. The molecule has 8 aromatic rings. The fourth-order valence-electron chi connectivity index (χ4n) is 8.70. The van der Waals surface area contributed by atoms with Crippen LogP contribution in [0.5, 0.6) is 11.5 Å². The lowest BCUT2D eigenvalue weighted by Gasteiger charge is -2.45. The summed E-state index contributed by atoms with van der Waals surface area (Å²) in [5.74, 6) is 1.61. The molecule has 5 nitrogen and oxygen atoms in total. The van der Waals surface area contributed by atoms with Crippen molar-refractivity contribution in [2.45, 2.75) is 0 Å². The van der Waals surface area contributed by atoms with Crippen LogP contribution in [0.25, 0.3) is 10.9 Å². The summed E-state index contributed by atoms with van der Waals surface area (Å²) >= 11 is 0. The maximum absolute atomic E-state index is 7.18. The van der Waals surface area contributed by atoms with Gasteiger partial charge in [-0.15, -0.1) is 0 Å². The van der Waals surface area contributed by atoms with E-state index in [0.29, 0.717) is 0 Å². The van der Waals surface area contributed by atoms with Crippen LogP contribution in [0.3, 0.4) is 0 Å². The van der Waals surface area contributed by atoms with E-state index in [0.717, 1.165) is 56.5 Å². The summed E-state index contributed by atoms with van der Waals surface area (Å²) in [6.45, 7) is 0.0115. The quantitative estimate of drug-likeness (QED) is 0.209. The van der Waals surface area contributed by atoms with Crippen LogP contribution in [0, 0.1) is 0 Å². The van der Waals surface area contributed by atoms with Gasteiger partial charge in [-0.25, -0.2) is 0 Å². The SMILES string of the molecule is c1ccc(B2c3ccccc3B3c4ccccc4N(c4cccnc4)c4c5c(cc2c43)N(c2cccc3cccnc23)c2ccccc2O5)cc1. The zero-order valence-electron chi connectivity index (χ0n) is 27.5. The number of nitrogens with zero attached hydrogens (tertiary/aromatic N) is 4. The summed E-state index contributed by atoms with van der Waals surface area (Å²) in [5.41, 5.74) is 14.7. The van der Waals surface area contributed by atoms with E-state index < -0.39 is 0 Å². The molecule has 0 atom stereocenters. The number of ether oxygens (including phenoxy) is 1. The Morgan fingerprint density at radius 2 is 1.22 bits per heavy atom. The standard InChI is InChI=1S/C44H28B2N4O/c1-2-15-30(16-3-1)45-32-18-4-5-19-33(32)46-34-20-6-7-21-36(34)49(31-17-12-25-47-28-31)43-41(46)35(45)27-39-44(43)51-40-24-9-8-22-37(40)50(39)38-23-10-13-29-14-11-26-48-42(29)38/h1-28H. The van der Waals surface area contributed by atoms with Crippen molar-refractivity contribution in [3.63, 3.8) is 0 Å². The maximum Gasteiger partial charge on any atom is 0.245 e. The maximum atomic E-state index is 7.18. The third kappa shape index (κ3) is 4.06. The van der Waals surface area contributed by atoms with Crippen molar-refractivity contribution < 1.29 is 4.74 Å². The zero-order chi connectivity index (χ0) is 33.5. The first-order valence-electron chi connectivity index (χ1n) is 17.4. The highest BCUT2D eigenvalue weighted by molar-refractivity contribution is 7.12. The van der Waals surface area contributed by atoms with E-state index in [1.165, 1.54) is 32.8 Å². The molecular weight excluding hydrogens is 622 g/mol. The molecule has 0 aliphatic carbocycles. The molecule has 0 bridgehead atoms. The van der Waals surface area contributed by atoms with E-state index in [9.17, 15) is 0 Å². The van der Waals surface area contributed by atoms with Gasteiger partial charge in [-0.05, 0) is 59.5 Å². The third-order valence-electron chi connectivity index (χ3n) is 10.7. The Hall–Kier alpha value is -6.59. The number of fused-ring (bicyclic) bond motifs is 8. The number of benzene rings is 6. The van der Waals surface area contributed by atoms with E-state index >= 15 is 0 Å². The second-order valence-corrected chi connectivity index (χ2v) is 13.3. The molecule has 0 spiro atoms. The Bertz CT molecular complexity index is 2650. The van der Waals surface area contributed by atoms with Gasteiger partial charge in [0.05, 0.1) is 40.2 Å². The predicted octanol–water partition coefficient (Wildman–Crippen LogP) is 6.33. The minimum atomic E-state index is 0.00312. The van der Waals surface area contributed by atoms with E-state index in [1.807, 2.05) is 36.8 Å². The Balaban J connectivity index is 1.32. The molecule has 3 aliphatic rings. The minimum Gasteiger partial charge on any atom is -0.451 e. The lowest BCUT2D eigenvalue weighted by molar-refractivity contribution is 0.478.